The summed E-state index contributed by atoms with van der Waals surface area (Å²) in [5.74, 6) is 0.0735. The van der Waals surface area contributed by atoms with E-state index in [1.165, 1.54) is 4.90 Å². The summed E-state index contributed by atoms with van der Waals surface area (Å²) < 4.78 is 0. The second-order valence-electron chi connectivity index (χ2n) is 6.49. The zero-order chi connectivity index (χ0) is 13.2. The lowest BCUT2D eigenvalue weighted by Gasteiger charge is -2.32. The number of fused-ring (bicyclic) bond motifs is 1. The number of nitriles is 1. The molecule has 3 aliphatic carbocycles. The normalized spacial score (nSPS) is 35.8. The molecule has 100 valence electrons. The van der Waals surface area contributed by atoms with E-state index in [1.807, 2.05) is 0 Å². The first-order chi connectivity index (χ1) is 9.14. The molecule has 5 heteroatoms. The standard InChI is InChI=1S/C14H17N3O2/c15-6-14(8-1-2-8,16-9-3-4-9)7-17-12(18)10-5-11(10)13(17)19/h8-11,16H,1-5,7H2. The van der Waals surface area contributed by atoms with E-state index in [0.29, 0.717) is 12.0 Å². The van der Waals surface area contributed by atoms with Crippen LogP contribution >= 0.6 is 0 Å². The van der Waals surface area contributed by atoms with E-state index in [0.717, 1.165) is 32.1 Å². The first-order valence-corrected chi connectivity index (χ1v) is 7.19. The number of carbonyl (C=O) groups excluding carboxylic acids is 2. The predicted octanol–water partition coefficient (Wildman–Crippen LogP) is 0.416. The molecule has 0 bridgehead atoms. The lowest BCUT2D eigenvalue weighted by molar-refractivity contribution is -0.142. The summed E-state index contributed by atoms with van der Waals surface area (Å²) in [7, 11) is 0. The van der Waals surface area contributed by atoms with Gasteiger partial charge in [0.15, 0.2) is 0 Å². The number of hydrogen-bond donors (Lipinski definition) is 1. The van der Waals surface area contributed by atoms with Gasteiger partial charge in [-0.25, -0.2) is 0 Å². The third-order valence-electron chi connectivity index (χ3n) is 4.88. The van der Waals surface area contributed by atoms with Crippen LogP contribution in [0.4, 0.5) is 0 Å². The number of hydrogen-bond acceptors (Lipinski definition) is 4. The lowest BCUT2D eigenvalue weighted by Crippen LogP contribution is -2.56. The van der Waals surface area contributed by atoms with Crippen molar-refractivity contribution in [3.63, 3.8) is 0 Å². The van der Waals surface area contributed by atoms with Gasteiger partial charge in [0.05, 0.1) is 24.4 Å². The molecule has 1 aliphatic heterocycles. The molecular formula is C14H17N3O2. The summed E-state index contributed by atoms with van der Waals surface area (Å²) in [5.41, 5.74) is -0.691. The van der Waals surface area contributed by atoms with Crippen LogP contribution in [-0.2, 0) is 9.59 Å². The van der Waals surface area contributed by atoms with Gasteiger partial charge < -0.3 is 0 Å². The first kappa shape index (κ1) is 11.4. The number of nitrogens with zero attached hydrogens (tertiary/aromatic N) is 2. The van der Waals surface area contributed by atoms with E-state index in [1.54, 1.807) is 0 Å². The summed E-state index contributed by atoms with van der Waals surface area (Å²) >= 11 is 0. The number of likely N-dealkylation sites (tertiary alicyclic amines) is 1. The van der Waals surface area contributed by atoms with Crippen LogP contribution < -0.4 is 5.32 Å². The van der Waals surface area contributed by atoms with Gasteiger partial charge in [0.2, 0.25) is 11.8 Å². The second kappa shape index (κ2) is 3.57. The van der Waals surface area contributed by atoms with Gasteiger partial charge in [0.25, 0.3) is 0 Å². The Hall–Kier alpha value is -1.41. The summed E-state index contributed by atoms with van der Waals surface area (Å²) in [6.45, 7) is 0.259. The van der Waals surface area contributed by atoms with E-state index < -0.39 is 5.54 Å². The molecule has 1 saturated heterocycles. The second-order valence-corrected chi connectivity index (χ2v) is 6.49. The third-order valence-corrected chi connectivity index (χ3v) is 4.88. The average Bonchev–Trinajstić information content (AvgIpc) is 3.28. The summed E-state index contributed by atoms with van der Waals surface area (Å²) in [6.07, 6.45) is 4.98. The zero-order valence-electron chi connectivity index (χ0n) is 10.8. The average molecular weight is 259 g/mol. The Morgan fingerprint density at radius 2 is 1.84 bits per heavy atom. The van der Waals surface area contributed by atoms with E-state index in [-0.39, 0.29) is 30.2 Å². The van der Waals surface area contributed by atoms with Crippen molar-refractivity contribution < 1.29 is 9.59 Å². The molecule has 4 rings (SSSR count). The molecule has 4 aliphatic rings. The predicted molar refractivity (Wildman–Crippen MR) is 65.5 cm³/mol. The molecule has 0 aromatic rings. The van der Waals surface area contributed by atoms with Crippen molar-refractivity contribution in [2.75, 3.05) is 6.54 Å². The maximum absolute atomic E-state index is 12.1. The van der Waals surface area contributed by atoms with Crippen molar-refractivity contribution in [3.8, 4) is 6.07 Å². The number of carbonyl (C=O) groups is 2. The van der Waals surface area contributed by atoms with Crippen molar-refractivity contribution >= 4 is 11.8 Å². The Morgan fingerprint density at radius 3 is 2.32 bits per heavy atom. The monoisotopic (exact) mass is 259 g/mol. The summed E-state index contributed by atoms with van der Waals surface area (Å²) in [5, 5.41) is 13.0. The summed E-state index contributed by atoms with van der Waals surface area (Å²) in [6, 6.07) is 2.79. The fraction of sp³-hybridized carbons (Fsp3) is 0.786. The van der Waals surface area contributed by atoms with Crippen LogP contribution in [0.1, 0.15) is 32.1 Å². The van der Waals surface area contributed by atoms with E-state index in [9.17, 15) is 14.9 Å². The Bertz CT molecular complexity index is 483. The van der Waals surface area contributed by atoms with Crippen molar-refractivity contribution in [3.05, 3.63) is 0 Å². The van der Waals surface area contributed by atoms with Gasteiger partial charge in [0.1, 0.15) is 5.54 Å². The highest BCUT2D eigenvalue weighted by Gasteiger charge is 2.61. The molecule has 0 aromatic carbocycles. The maximum Gasteiger partial charge on any atom is 0.233 e. The molecule has 0 radical (unpaired) electrons. The van der Waals surface area contributed by atoms with Gasteiger partial charge in [-0.2, -0.15) is 5.26 Å². The van der Waals surface area contributed by atoms with Crippen LogP contribution in [0.2, 0.25) is 0 Å². The molecular weight excluding hydrogens is 242 g/mol. The van der Waals surface area contributed by atoms with Gasteiger partial charge >= 0.3 is 0 Å². The number of rotatable bonds is 5. The Balaban J connectivity index is 1.56. The Morgan fingerprint density at radius 1 is 1.21 bits per heavy atom. The highest BCUT2D eigenvalue weighted by molar-refractivity contribution is 6.08. The molecule has 3 saturated carbocycles. The molecule has 2 amide bonds. The number of nitrogens with one attached hydrogen (secondary N) is 1. The minimum absolute atomic E-state index is 0.0483. The van der Waals surface area contributed by atoms with Crippen LogP contribution in [0.15, 0.2) is 0 Å². The molecule has 3 unspecified atom stereocenters. The molecule has 0 spiro atoms. The molecule has 1 N–H and O–H groups in total. The molecule has 0 aromatic heterocycles. The molecule has 5 nitrogen and oxygen atoms in total. The molecule has 4 fully saturated rings. The van der Waals surface area contributed by atoms with Crippen molar-refractivity contribution in [1.29, 1.82) is 5.26 Å². The molecule has 1 heterocycles. The maximum atomic E-state index is 12.1. The number of amides is 2. The van der Waals surface area contributed by atoms with Crippen molar-refractivity contribution in [1.82, 2.24) is 10.2 Å². The summed E-state index contributed by atoms with van der Waals surface area (Å²) in [4.78, 5) is 25.5. The van der Waals surface area contributed by atoms with Gasteiger partial charge in [-0.15, -0.1) is 0 Å². The smallest absolute Gasteiger partial charge is 0.233 e. The number of imide groups is 1. The third kappa shape index (κ3) is 1.70. The SMILES string of the molecule is N#CC(CN1C(=O)C2CC2C1=O)(NC1CC1)C1CC1. The van der Waals surface area contributed by atoms with E-state index in [2.05, 4.69) is 11.4 Å². The largest absolute Gasteiger partial charge is 0.295 e. The Labute approximate surface area is 111 Å². The van der Waals surface area contributed by atoms with Crippen LogP contribution in [0.25, 0.3) is 0 Å². The van der Waals surface area contributed by atoms with E-state index in [4.69, 9.17) is 0 Å². The lowest BCUT2D eigenvalue weighted by atomic mass is 9.93. The fourth-order valence-corrected chi connectivity index (χ4v) is 3.27. The quantitative estimate of drug-likeness (QED) is 0.726. The first-order valence-electron chi connectivity index (χ1n) is 7.19. The highest BCUT2D eigenvalue weighted by Crippen LogP contribution is 2.49. The van der Waals surface area contributed by atoms with Crippen LogP contribution in [0.3, 0.4) is 0 Å². The van der Waals surface area contributed by atoms with Gasteiger partial charge in [-0.1, -0.05) is 0 Å². The van der Waals surface area contributed by atoms with E-state index >= 15 is 0 Å². The molecule has 19 heavy (non-hydrogen) atoms. The van der Waals surface area contributed by atoms with Crippen molar-refractivity contribution in [2.24, 2.45) is 17.8 Å². The van der Waals surface area contributed by atoms with Gasteiger partial charge in [-0.3, -0.25) is 19.8 Å². The Kier molecular flexibility index (Phi) is 2.15. The van der Waals surface area contributed by atoms with Crippen LogP contribution in [0.5, 0.6) is 0 Å². The topological polar surface area (TPSA) is 73.2 Å². The van der Waals surface area contributed by atoms with Gasteiger partial charge in [-0.05, 0) is 38.0 Å². The minimum atomic E-state index is -0.691. The van der Waals surface area contributed by atoms with Crippen molar-refractivity contribution in [2.45, 2.75) is 43.7 Å². The molecule has 3 atom stereocenters. The minimum Gasteiger partial charge on any atom is -0.295 e. The fourth-order valence-electron chi connectivity index (χ4n) is 3.27. The van der Waals surface area contributed by atoms with Gasteiger partial charge in [0, 0.05) is 6.04 Å². The van der Waals surface area contributed by atoms with Crippen LogP contribution in [-0.4, -0.2) is 34.8 Å². The van der Waals surface area contributed by atoms with Crippen LogP contribution in [0, 0.1) is 29.1 Å². The zero-order valence-corrected chi connectivity index (χ0v) is 10.8. The highest BCUT2D eigenvalue weighted by atomic mass is 16.2. The number of piperidine rings is 1.